The number of aliphatic imine (C=N–C) groups is 1. The van der Waals surface area contributed by atoms with Crippen LogP contribution in [0.1, 0.15) is 12.5 Å². The summed E-state index contributed by atoms with van der Waals surface area (Å²) in [6.45, 7) is 5.90. The lowest BCUT2D eigenvalue weighted by atomic mass is 10.1. The second-order valence-corrected chi connectivity index (χ2v) is 4.54. The fourth-order valence-electron chi connectivity index (χ4n) is 1.89. The molecule has 2 nitrogen and oxygen atoms in total. The highest BCUT2D eigenvalue weighted by molar-refractivity contribution is 6.32. The van der Waals surface area contributed by atoms with E-state index in [1.165, 1.54) is 0 Å². The molecule has 0 aromatic heterocycles. The fourth-order valence-corrected chi connectivity index (χ4v) is 2.10. The molecule has 2 N–H and O–H groups in total. The molecule has 0 aliphatic rings. The van der Waals surface area contributed by atoms with Crippen molar-refractivity contribution in [2.45, 2.75) is 6.92 Å². The Labute approximate surface area is 117 Å². The summed E-state index contributed by atoms with van der Waals surface area (Å²) in [4.78, 5) is 4.44. The van der Waals surface area contributed by atoms with Gasteiger partial charge < -0.3 is 5.73 Å². The number of halogens is 1. The molecule has 0 heterocycles. The first-order chi connectivity index (χ1) is 9.13. The molecule has 0 amide bonds. The van der Waals surface area contributed by atoms with E-state index in [-0.39, 0.29) is 0 Å². The first-order valence-corrected chi connectivity index (χ1v) is 6.33. The third kappa shape index (κ3) is 2.85. The van der Waals surface area contributed by atoms with E-state index in [1.54, 1.807) is 18.3 Å². The van der Waals surface area contributed by atoms with Crippen LogP contribution >= 0.6 is 11.6 Å². The van der Waals surface area contributed by atoms with Crippen LogP contribution in [0, 0.1) is 0 Å². The lowest BCUT2D eigenvalue weighted by Gasteiger charge is -2.07. The van der Waals surface area contributed by atoms with E-state index >= 15 is 0 Å². The first-order valence-electron chi connectivity index (χ1n) is 5.96. The Hall–Kier alpha value is -2.06. The van der Waals surface area contributed by atoms with Crippen LogP contribution in [0.5, 0.6) is 0 Å². The predicted octanol–water partition coefficient (Wildman–Crippen LogP) is 2.58. The van der Waals surface area contributed by atoms with Gasteiger partial charge in [0, 0.05) is 22.7 Å². The smallest absolute Gasteiger partial charge is 0.0791 e. The Morgan fingerprint density at radius 2 is 2.00 bits per heavy atom. The molecular formula is C16H15ClN2. The van der Waals surface area contributed by atoms with Crippen molar-refractivity contribution < 1.29 is 0 Å². The quantitative estimate of drug-likeness (QED) is 0.661. The van der Waals surface area contributed by atoms with E-state index < -0.39 is 0 Å². The van der Waals surface area contributed by atoms with E-state index in [4.69, 9.17) is 17.3 Å². The van der Waals surface area contributed by atoms with Gasteiger partial charge in [0.05, 0.1) is 10.7 Å². The van der Waals surface area contributed by atoms with Crippen molar-refractivity contribution in [2.75, 3.05) is 5.73 Å². The number of nitrogen functional groups attached to an aromatic ring is 1. The first kappa shape index (κ1) is 13.4. The summed E-state index contributed by atoms with van der Waals surface area (Å²) in [5.74, 6) is 0. The van der Waals surface area contributed by atoms with E-state index in [9.17, 15) is 0 Å². The minimum Gasteiger partial charge on any atom is -0.399 e. The Morgan fingerprint density at radius 1 is 1.26 bits per heavy atom. The topological polar surface area (TPSA) is 38.4 Å². The van der Waals surface area contributed by atoms with Crippen LogP contribution in [0.15, 0.2) is 47.5 Å². The normalized spacial score (nSPS) is 12.7. The van der Waals surface area contributed by atoms with Gasteiger partial charge in [0.2, 0.25) is 0 Å². The molecule has 0 saturated carbocycles. The summed E-state index contributed by atoms with van der Waals surface area (Å²) in [7, 11) is 0. The summed E-state index contributed by atoms with van der Waals surface area (Å²) >= 11 is 6.26. The number of nitrogens with zero attached hydrogens (tertiary/aromatic N) is 1. The number of hydrogen-bond donors (Lipinski definition) is 1. The van der Waals surface area contributed by atoms with Gasteiger partial charge in [-0.2, -0.15) is 0 Å². The molecule has 0 aliphatic heterocycles. The minimum atomic E-state index is 0.623. The van der Waals surface area contributed by atoms with Gasteiger partial charge in [-0.25, -0.2) is 0 Å². The van der Waals surface area contributed by atoms with Gasteiger partial charge in [-0.05, 0) is 30.3 Å². The summed E-state index contributed by atoms with van der Waals surface area (Å²) in [6, 6.07) is 13.2. The molecule has 0 fully saturated rings. The molecule has 0 bridgehead atoms. The van der Waals surface area contributed by atoms with Crippen LogP contribution in [-0.2, 0) is 0 Å². The van der Waals surface area contributed by atoms with Gasteiger partial charge in [0.1, 0.15) is 0 Å². The second-order valence-electron chi connectivity index (χ2n) is 4.13. The molecule has 0 saturated heterocycles. The maximum absolute atomic E-state index is 6.26. The van der Waals surface area contributed by atoms with Gasteiger partial charge in [0.25, 0.3) is 0 Å². The van der Waals surface area contributed by atoms with Crippen molar-refractivity contribution in [3.05, 3.63) is 63.5 Å². The predicted molar refractivity (Wildman–Crippen MR) is 83.8 cm³/mol. The molecular weight excluding hydrogens is 256 g/mol. The standard InChI is InChI=1S/C16H15ClN2/c1-3-19-16(13-7-5-4-6-11(13)2)14-10-12(18)8-9-15(14)17/h3-10H,2,18H2,1H3/b16-13-,19-3-. The van der Waals surface area contributed by atoms with Crippen molar-refractivity contribution >= 4 is 35.8 Å². The van der Waals surface area contributed by atoms with Crippen LogP contribution in [0.2, 0.25) is 5.02 Å². The van der Waals surface area contributed by atoms with Crippen LogP contribution < -0.4 is 16.2 Å². The van der Waals surface area contributed by atoms with Crippen molar-refractivity contribution in [3.63, 3.8) is 0 Å². The van der Waals surface area contributed by atoms with E-state index in [0.29, 0.717) is 10.7 Å². The molecule has 0 unspecified atom stereocenters. The maximum atomic E-state index is 6.26. The zero-order chi connectivity index (χ0) is 13.8. The molecule has 2 aromatic carbocycles. The van der Waals surface area contributed by atoms with Gasteiger partial charge in [-0.1, -0.05) is 42.4 Å². The minimum absolute atomic E-state index is 0.623. The van der Waals surface area contributed by atoms with Crippen molar-refractivity contribution in [1.82, 2.24) is 0 Å². The summed E-state index contributed by atoms with van der Waals surface area (Å²) in [5.41, 5.74) is 8.09. The molecule has 2 aromatic rings. The molecule has 19 heavy (non-hydrogen) atoms. The van der Waals surface area contributed by atoms with Crippen LogP contribution in [-0.4, -0.2) is 6.21 Å². The number of rotatable bonds is 2. The van der Waals surface area contributed by atoms with E-state index in [0.717, 1.165) is 21.7 Å². The largest absolute Gasteiger partial charge is 0.399 e. The molecule has 0 aliphatic carbocycles. The van der Waals surface area contributed by atoms with Crippen LogP contribution in [0.4, 0.5) is 5.69 Å². The monoisotopic (exact) mass is 270 g/mol. The number of nitrogens with two attached hydrogens (primary N) is 1. The molecule has 0 spiro atoms. The van der Waals surface area contributed by atoms with E-state index in [2.05, 4.69) is 11.6 Å². The third-order valence-corrected chi connectivity index (χ3v) is 3.11. The lowest BCUT2D eigenvalue weighted by molar-refractivity contribution is 1.41. The zero-order valence-electron chi connectivity index (χ0n) is 10.7. The van der Waals surface area contributed by atoms with Crippen molar-refractivity contribution in [3.8, 4) is 0 Å². The third-order valence-electron chi connectivity index (χ3n) is 2.78. The van der Waals surface area contributed by atoms with Gasteiger partial charge >= 0.3 is 0 Å². The highest BCUT2D eigenvalue weighted by Gasteiger charge is 2.07. The maximum Gasteiger partial charge on any atom is 0.0791 e. The number of benzene rings is 2. The number of hydrogen-bond acceptors (Lipinski definition) is 2. The number of anilines is 1. The Kier molecular flexibility index (Phi) is 4.03. The molecule has 96 valence electrons. The molecule has 0 radical (unpaired) electrons. The highest BCUT2D eigenvalue weighted by Crippen LogP contribution is 2.25. The Bertz CT molecular complexity index is 733. The van der Waals surface area contributed by atoms with Crippen molar-refractivity contribution in [2.24, 2.45) is 4.99 Å². The Balaban J connectivity index is 2.87. The average molecular weight is 271 g/mol. The molecule has 3 heteroatoms. The van der Waals surface area contributed by atoms with Crippen LogP contribution in [0.3, 0.4) is 0 Å². The average Bonchev–Trinajstić information content (AvgIpc) is 2.40. The lowest BCUT2D eigenvalue weighted by Crippen LogP contribution is -2.25. The molecule has 0 atom stereocenters. The van der Waals surface area contributed by atoms with Gasteiger partial charge in [-0.3, -0.25) is 4.99 Å². The highest BCUT2D eigenvalue weighted by atomic mass is 35.5. The summed E-state index contributed by atoms with van der Waals surface area (Å²) in [6.07, 6.45) is 1.74. The fraction of sp³-hybridized carbons (Fsp3) is 0.0625. The van der Waals surface area contributed by atoms with E-state index in [1.807, 2.05) is 37.3 Å². The Morgan fingerprint density at radius 3 is 2.68 bits per heavy atom. The molecule has 2 rings (SSSR count). The SMILES string of the molecule is C=c1cccc/c1=C(/N=C\C)c1cc(N)ccc1Cl. The summed E-state index contributed by atoms with van der Waals surface area (Å²) < 4.78 is 0. The zero-order valence-corrected chi connectivity index (χ0v) is 11.5. The van der Waals surface area contributed by atoms with Gasteiger partial charge in [-0.15, -0.1) is 0 Å². The van der Waals surface area contributed by atoms with Gasteiger partial charge in [0.15, 0.2) is 0 Å². The van der Waals surface area contributed by atoms with Crippen molar-refractivity contribution in [1.29, 1.82) is 0 Å². The second kappa shape index (κ2) is 5.72. The van der Waals surface area contributed by atoms with Crippen LogP contribution in [0.25, 0.3) is 12.3 Å². The summed E-state index contributed by atoms with van der Waals surface area (Å²) in [5, 5.41) is 2.48.